The zero-order valence-electron chi connectivity index (χ0n) is 9.66. The van der Waals surface area contributed by atoms with E-state index in [2.05, 4.69) is 4.98 Å². The molecule has 17 heavy (non-hydrogen) atoms. The number of rotatable bonds is 2. The summed E-state index contributed by atoms with van der Waals surface area (Å²) in [5, 5.41) is 8.18. The average Bonchev–Trinajstić information content (AvgIpc) is 2.59. The topological polar surface area (TPSA) is 67.7 Å². The molecule has 0 aliphatic rings. The molecule has 5 heteroatoms. The van der Waals surface area contributed by atoms with Crippen molar-refractivity contribution in [3.05, 3.63) is 46.5 Å². The molecule has 0 unspecified atom stereocenters. The molecule has 0 radical (unpaired) electrons. The zero-order valence-corrected chi connectivity index (χ0v) is 10.4. The van der Waals surface area contributed by atoms with E-state index in [9.17, 15) is 0 Å². The van der Waals surface area contributed by atoms with Crippen molar-refractivity contribution in [2.75, 3.05) is 0 Å². The van der Waals surface area contributed by atoms with Gasteiger partial charge in [0.05, 0.1) is 17.7 Å². The summed E-state index contributed by atoms with van der Waals surface area (Å²) in [7, 11) is 0. The Kier molecular flexibility index (Phi) is 2.90. The predicted molar refractivity (Wildman–Crippen MR) is 69.1 cm³/mol. The fraction of sp³-hybridized carbons (Fsp3) is 0.167. The predicted octanol–water partition coefficient (Wildman–Crippen LogP) is 2.43. The van der Waals surface area contributed by atoms with Crippen LogP contribution in [0.2, 0.25) is 5.02 Å². The minimum atomic E-state index is 0.0161. The number of amidine groups is 1. The molecule has 2 rings (SSSR count). The van der Waals surface area contributed by atoms with E-state index in [1.165, 1.54) is 0 Å². The first-order valence-electron chi connectivity index (χ1n) is 5.15. The normalized spacial score (nSPS) is 10.5. The number of hydrogen-bond acceptors (Lipinski definition) is 2. The van der Waals surface area contributed by atoms with Gasteiger partial charge in [-0.15, -0.1) is 0 Å². The number of imidazole rings is 1. The van der Waals surface area contributed by atoms with Crippen LogP contribution < -0.4 is 5.73 Å². The Hall–Kier alpha value is -1.81. The lowest BCUT2D eigenvalue weighted by molar-refractivity contribution is 0.996. The van der Waals surface area contributed by atoms with Gasteiger partial charge in [-0.05, 0) is 32.0 Å². The van der Waals surface area contributed by atoms with Crippen molar-refractivity contribution in [1.82, 2.24) is 9.55 Å². The van der Waals surface area contributed by atoms with E-state index in [0.29, 0.717) is 10.6 Å². The van der Waals surface area contributed by atoms with Crippen LogP contribution in [0.15, 0.2) is 24.5 Å². The molecule has 0 fully saturated rings. The fourth-order valence-electron chi connectivity index (χ4n) is 1.67. The standard InChI is InChI=1S/C12H13ClN4/c1-7-8(2)17(6-16-7)11-5-9(13)3-4-10(11)12(14)15/h3-6H,1-2H3,(H3,14,15). The maximum atomic E-state index is 7.57. The Bertz CT molecular complexity index is 586. The van der Waals surface area contributed by atoms with E-state index in [1.54, 1.807) is 24.5 Å². The van der Waals surface area contributed by atoms with Crippen LogP contribution in [0, 0.1) is 19.3 Å². The Labute approximate surface area is 105 Å². The van der Waals surface area contributed by atoms with Crippen molar-refractivity contribution in [1.29, 1.82) is 5.41 Å². The van der Waals surface area contributed by atoms with Gasteiger partial charge >= 0.3 is 0 Å². The summed E-state index contributed by atoms with van der Waals surface area (Å²) in [4.78, 5) is 4.23. The minimum Gasteiger partial charge on any atom is -0.384 e. The zero-order chi connectivity index (χ0) is 12.6. The molecule has 3 N–H and O–H groups in total. The number of nitrogens with one attached hydrogen (secondary N) is 1. The van der Waals surface area contributed by atoms with E-state index < -0.39 is 0 Å². The molecule has 0 saturated heterocycles. The SMILES string of the molecule is Cc1ncn(-c2cc(Cl)ccc2C(=N)N)c1C. The molecule has 0 aliphatic carbocycles. The highest BCUT2D eigenvalue weighted by molar-refractivity contribution is 6.31. The van der Waals surface area contributed by atoms with Gasteiger partial charge < -0.3 is 10.3 Å². The van der Waals surface area contributed by atoms with Gasteiger partial charge in [0.15, 0.2) is 0 Å². The summed E-state index contributed by atoms with van der Waals surface area (Å²) < 4.78 is 1.89. The highest BCUT2D eigenvalue weighted by Gasteiger charge is 2.11. The van der Waals surface area contributed by atoms with E-state index in [4.69, 9.17) is 22.7 Å². The first-order chi connectivity index (χ1) is 8.00. The third-order valence-electron chi connectivity index (χ3n) is 2.76. The van der Waals surface area contributed by atoms with Crippen LogP contribution in [0.4, 0.5) is 0 Å². The third kappa shape index (κ3) is 2.03. The average molecular weight is 249 g/mol. The number of hydrogen-bond donors (Lipinski definition) is 2. The smallest absolute Gasteiger partial charge is 0.124 e. The van der Waals surface area contributed by atoms with Crippen molar-refractivity contribution >= 4 is 17.4 Å². The van der Waals surface area contributed by atoms with Crippen molar-refractivity contribution in [2.45, 2.75) is 13.8 Å². The fourth-order valence-corrected chi connectivity index (χ4v) is 1.84. The van der Waals surface area contributed by atoms with Gasteiger partial charge in [0.25, 0.3) is 0 Å². The minimum absolute atomic E-state index is 0.0161. The molecule has 0 amide bonds. The van der Waals surface area contributed by atoms with E-state index in [1.807, 2.05) is 18.4 Å². The molecule has 0 saturated carbocycles. The maximum absolute atomic E-state index is 7.57. The van der Waals surface area contributed by atoms with Gasteiger partial charge in [-0.25, -0.2) is 4.98 Å². The lowest BCUT2D eigenvalue weighted by atomic mass is 10.1. The number of aryl methyl sites for hydroxylation is 1. The summed E-state index contributed by atoms with van der Waals surface area (Å²) in [6, 6.07) is 5.25. The van der Waals surface area contributed by atoms with Crippen LogP contribution in [-0.4, -0.2) is 15.4 Å². The van der Waals surface area contributed by atoms with E-state index >= 15 is 0 Å². The number of aromatic nitrogens is 2. The van der Waals surface area contributed by atoms with Crippen LogP contribution in [0.25, 0.3) is 5.69 Å². The summed E-state index contributed by atoms with van der Waals surface area (Å²) >= 11 is 5.99. The van der Waals surface area contributed by atoms with Crippen molar-refractivity contribution in [2.24, 2.45) is 5.73 Å². The van der Waals surface area contributed by atoms with Crippen molar-refractivity contribution in [3.63, 3.8) is 0 Å². The van der Waals surface area contributed by atoms with Crippen molar-refractivity contribution in [3.8, 4) is 5.69 Å². The maximum Gasteiger partial charge on any atom is 0.124 e. The second-order valence-electron chi connectivity index (χ2n) is 3.86. The first-order valence-corrected chi connectivity index (χ1v) is 5.53. The molecule has 2 aromatic rings. The molecular weight excluding hydrogens is 236 g/mol. The van der Waals surface area contributed by atoms with Gasteiger partial charge in [-0.3, -0.25) is 5.41 Å². The second kappa shape index (κ2) is 4.22. The van der Waals surface area contributed by atoms with Crippen LogP contribution in [0.1, 0.15) is 17.0 Å². The lowest BCUT2D eigenvalue weighted by Gasteiger charge is -2.11. The van der Waals surface area contributed by atoms with Crippen LogP contribution >= 0.6 is 11.6 Å². The number of halogens is 1. The van der Waals surface area contributed by atoms with Crippen LogP contribution in [0.3, 0.4) is 0 Å². The van der Waals surface area contributed by atoms with Gasteiger partial charge in [0, 0.05) is 16.3 Å². The number of nitrogen functional groups attached to an aromatic ring is 1. The molecule has 0 spiro atoms. The van der Waals surface area contributed by atoms with Gasteiger partial charge in [-0.2, -0.15) is 0 Å². The first kappa shape index (κ1) is 11.7. The number of benzene rings is 1. The van der Waals surface area contributed by atoms with Gasteiger partial charge in [0.2, 0.25) is 0 Å². The Morgan fingerprint density at radius 1 is 1.41 bits per heavy atom. The Morgan fingerprint density at radius 2 is 2.12 bits per heavy atom. The molecule has 0 atom stereocenters. The van der Waals surface area contributed by atoms with Gasteiger partial charge in [-0.1, -0.05) is 11.6 Å². The number of nitrogens with zero attached hydrogens (tertiary/aromatic N) is 2. The summed E-state index contributed by atoms with van der Waals surface area (Å²) in [5.74, 6) is 0.0161. The molecule has 0 bridgehead atoms. The lowest BCUT2D eigenvalue weighted by Crippen LogP contribution is -2.15. The molecule has 88 valence electrons. The highest BCUT2D eigenvalue weighted by Crippen LogP contribution is 2.22. The monoisotopic (exact) mass is 248 g/mol. The van der Waals surface area contributed by atoms with Gasteiger partial charge in [0.1, 0.15) is 5.84 Å². The largest absolute Gasteiger partial charge is 0.384 e. The van der Waals surface area contributed by atoms with E-state index in [-0.39, 0.29) is 5.84 Å². The third-order valence-corrected chi connectivity index (χ3v) is 3.00. The summed E-state index contributed by atoms with van der Waals surface area (Å²) in [6.45, 7) is 3.90. The summed E-state index contributed by atoms with van der Waals surface area (Å²) in [5.41, 5.74) is 8.95. The van der Waals surface area contributed by atoms with Crippen molar-refractivity contribution < 1.29 is 0 Å². The summed E-state index contributed by atoms with van der Waals surface area (Å²) in [6.07, 6.45) is 1.71. The molecule has 0 aliphatic heterocycles. The van der Waals surface area contributed by atoms with E-state index in [0.717, 1.165) is 17.1 Å². The quantitative estimate of drug-likeness (QED) is 0.633. The molecule has 1 aromatic heterocycles. The van der Waals surface area contributed by atoms with Crippen LogP contribution in [-0.2, 0) is 0 Å². The molecule has 1 heterocycles. The van der Waals surface area contributed by atoms with Crippen LogP contribution in [0.5, 0.6) is 0 Å². The Morgan fingerprint density at radius 3 is 2.65 bits per heavy atom. The highest BCUT2D eigenvalue weighted by atomic mass is 35.5. The second-order valence-corrected chi connectivity index (χ2v) is 4.30. The Balaban J connectivity index is 2.69. The molecule has 1 aromatic carbocycles. The molecular formula is C12H13ClN4. The number of nitrogens with two attached hydrogens (primary N) is 1. The molecule has 4 nitrogen and oxygen atoms in total.